The number of fused-ring (bicyclic) bond motifs is 1. The Hall–Kier alpha value is -2.64. The number of hydrogen-bond donors (Lipinski definition) is 1. The molecule has 0 radical (unpaired) electrons. The van der Waals surface area contributed by atoms with Crippen molar-refractivity contribution in [3.8, 4) is 0 Å². The highest BCUT2D eigenvalue weighted by Crippen LogP contribution is 2.44. The van der Waals surface area contributed by atoms with Crippen molar-refractivity contribution in [2.45, 2.75) is 31.9 Å². The number of esters is 1. The molecule has 1 heterocycles. The van der Waals surface area contributed by atoms with E-state index in [0.717, 1.165) is 18.9 Å². The molecule has 0 spiro atoms. The number of hydrogen-bond acceptors (Lipinski definition) is 4. The molecule has 0 bridgehead atoms. The summed E-state index contributed by atoms with van der Waals surface area (Å²) >= 11 is 0. The molecule has 1 saturated carbocycles. The van der Waals surface area contributed by atoms with Gasteiger partial charge in [-0.15, -0.1) is 0 Å². The number of benzene rings is 1. The fraction of sp³-hybridized carbons (Fsp3) is 0.389. The zero-order valence-electron chi connectivity index (χ0n) is 14.2. The fourth-order valence-corrected chi connectivity index (χ4v) is 2.81. The normalized spacial score (nSPS) is 14.3. The minimum Gasteiger partial charge on any atom is -0.468 e. The topological polar surface area (TPSA) is 68.3 Å². The lowest BCUT2D eigenvalue weighted by atomic mass is 9.98. The zero-order chi connectivity index (χ0) is 19.1. The maximum Gasteiger partial charge on any atom is 0.418 e. The monoisotopic (exact) mass is 366 g/mol. The number of alkyl halides is 3. The number of rotatable bonds is 4. The van der Waals surface area contributed by atoms with Crippen LogP contribution in [-0.2, 0) is 15.7 Å². The summed E-state index contributed by atoms with van der Waals surface area (Å²) < 4.78 is 45.0. The summed E-state index contributed by atoms with van der Waals surface area (Å²) in [5.41, 5.74) is -0.111. The summed E-state index contributed by atoms with van der Waals surface area (Å²) in [6.45, 7) is 1.25. The summed E-state index contributed by atoms with van der Waals surface area (Å²) in [4.78, 5) is 27.2. The minimum absolute atomic E-state index is 0.155. The molecule has 1 aromatic carbocycles. The number of amides is 1. The summed E-state index contributed by atoms with van der Waals surface area (Å²) in [5, 5.41) is 2.66. The molecule has 2 aromatic rings. The Morgan fingerprint density at radius 2 is 1.96 bits per heavy atom. The van der Waals surface area contributed by atoms with Crippen LogP contribution in [0.5, 0.6) is 0 Å². The predicted molar refractivity (Wildman–Crippen MR) is 87.8 cm³/mol. The third-order valence-corrected chi connectivity index (χ3v) is 4.35. The second-order valence-electron chi connectivity index (χ2n) is 6.32. The maximum atomic E-state index is 13.5. The van der Waals surface area contributed by atoms with E-state index < -0.39 is 23.6 Å². The highest BCUT2D eigenvalue weighted by molar-refractivity contribution is 5.98. The summed E-state index contributed by atoms with van der Waals surface area (Å²) in [7, 11) is 1.17. The molecule has 0 aliphatic heterocycles. The van der Waals surface area contributed by atoms with E-state index >= 15 is 0 Å². The van der Waals surface area contributed by atoms with Crippen LogP contribution < -0.4 is 5.32 Å². The zero-order valence-corrected chi connectivity index (χ0v) is 14.2. The Balaban J connectivity index is 2.07. The highest BCUT2D eigenvalue weighted by Gasteiger charge is 2.36. The largest absolute Gasteiger partial charge is 0.468 e. The van der Waals surface area contributed by atoms with Crippen molar-refractivity contribution in [2.24, 2.45) is 0 Å². The number of ether oxygens (including phenoxy) is 1. The van der Waals surface area contributed by atoms with Crippen LogP contribution in [0.3, 0.4) is 0 Å². The Bertz CT molecular complexity index is 889. The summed E-state index contributed by atoms with van der Waals surface area (Å²) in [6, 6.07) is 4.27. The van der Waals surface area contributed by atoms with Gasteiger partial charge in [-0.25, -0.2) is 4.98 Å². The molecule has 8 heteroatoms. The SMILES string of the molecule is COC(=O)CNC(=O)c1cc(C)c2cc(C3CC3)cc(C(F)(F)F)c2n1. The number of nitrogens with one attached hydrogen (secondary N) is 1. The van der Waals surface area contributed by atoms with Crippen LogP contribution in [0.15, 0.2) is 18.2 Å². The standard InChI is InChI=1S/C18H17F3N2O3/c1-9-5-14(17(25)22-8-15(24)26-2)23-16-12(9)6-11(10-3-4-10)7-13(16)18(19,20)21/h5-7,10H,3-4,8H2,1-2H3,(H,22,25). The van der Waals surface area contributed by atoms with Crippen molar-refractivity contribution in [3.63, 3.8) is 0 Å². The van der Waals surface area contributed by atoms with Crippen LogP contribution in [-0.4, -0.2) is 30.5 Å². The molecule has 1 aliphatic rings. The van der Waals surface area contributed by atoms with E-state index in [9.17, 15) is 22.8 Å². The number of aromatic nitrogens is 1. The van der Waals surface area contributed by atoms with E-state index in [-0.39, 0.29) is 23.7 Å². The second-order valence-corrected chi connectivity index (χ2v) is 6.32. The molecule has 1 fully saturated rings. The first-order chi connectivity index (χ1) is 12.2. The smallest absolute Gasteiger partial charge is 0.418 e. The fourth-order valence-electron chi connectivity index (χ4n) is 2.81. The average molecular weight is 366 g/mol. The lowest BCUT2D eigenvalue weighted by Gasteiger charge is -2.15. The lowest BCUT2D eigenvalue weighted by molar-refractivity contribution is -0.139. The number of aryl methyl sites for hydroxylation is 1. The molecule has 0 saturated heterocycles. The first-order valence-electron chi connectivity index (χ1n) is 8.08. The third kappa shape index (κ3) is 3.63. The van der Waals surface area contributed by atoms with Crippen LogP contribution in [0.25, 0.3) is 10.9 Å². The van der Waals surface area contributed by atoms with Crippen molar-refractivity contribution in [3.05, 3.63) is 40.6 Å². The predicted octanol–water partition coefficient (Wildman–Crippen LogP) is 3.34. The Labute approximate surface area is 147 Å². The second kappa shape index (κ2) is 6.59. The number of pyridine rings is 1. The number of carbonyl (C=O) groups is 2. The van der Waals surface area contributed by atoms with E-state index in [2.05, 4.69) is 15.0 Å². The van der Waals surface area contributed by atoms with Crippen molar-refractivity contribution >= 4 is 22.8 Å². The minimum atomic E-state index is -4.58. The number of nitrogens with zero attached hydrogens (tertiary/aromatic N) is 1. The first-order valence-corrected chi connectivity index (χ1v) is 8.08. The van der Waals surface area contributed by atoms with E-state index in [1.807, 2.05) is 0 Å². The van der Waals surface area contributed by atoms with Gasteiger partial charge in [-0.3, -0.25) is 9.59 Å². The molecule has 1 aromatic heterocycles. The summed E-state index contributed by atoms with van der Waals surface area (Å²) in [5.74, 6) is -1.25. The van der Waals surface area contributed by atoms with Gasteiger partial charge in [0.25, 0.3) is 5.91 Å². The van der Waals surface area contributed by atoms with Crippen molar-refractivity contribution in [1.82, 2.24) is 10.3 Å². The van der Waals surface area contributed by atoms with Gasteiger partial charge in [-0.05, 0) is 55.0 Å². The molecule has 26 heavy (non-hydrogen) atoms. The van der Waals surface area contributed by atoms with E-state index in [1.165, 1.54) is 13.2 Å². The molecular formula is C18H17F3N2O3. The van der Waals surface area contributed by atoms with Gasteiger partial charge >= 0.3 is 12.1 Å². The molecule has 1 aliphatic carbocycles. The number of halogens is 3. The van der Waals surface area contributed by atoms with Crippen LogP contribution >= 0.6 is 0 Å². The summed E-state index contributed by atoms with van der Waals surface area (Å²) in [6.07, 6.45) is -2.82. The number of carbonyl (C=O) groups excluding carboxylic acids is 2. The van der Waals surface area contributed by atoms with Gasteiger partial charge < -0.3 is 10.1 Å². The van der Waals surface area contributed by atoms with Crippen molar-refractivity contribution in [1.29, 1.82) is 0 Å². The van der Waals surface area contributed by atoms with Gasteiger partial charge in [0.2, 0.25) is 0 Å². The molecule has 5 nitrogen and oxygen atoms in total. The van der Waals surface area contributed by atoms with Gasteiger partial charge in [-0.2, -0.15) is 13.2 Å². The van der Waals surface area contributed by atoms with Crippen LogP contribution in [0.1, 0.15) is 45.9 Å². The molecule has 1 amide bonds. The van der Waals surface area contributed by atoms with Crippen molar-refractivity contribution in [2.75, 3.05) is 13.7 Å². The maximum absolute atomic E-state index is 13.5. The lowest BCUT2D eigenvalue weighted by Crippen LogP contribution is -2.30. The van der Waals surface area contributed by atoms with Crippen LogP contribution in [0.2, 0.25) is 0 Å². The molecule has 0 atom stereocenters. The molecule has 138 valence electrons. The Kier molecular flexibility index (Phi) is 4.60. The van der Waals surface area contributed by atoms with Gasteiger partial charge in [0.05, 0.1) is 18.2 Å². The highest BCUT2D eigenvalue weighted by atomic mass is 19.4. The number of methoxy groups -OCH3 is 1. The molecule has 1 N–H and O–H groups in total. The van der Waals surface area contributed by atoms with Gasteiger partial charge in [0, 0.05) is 5.39 Å². The van der Waals surface area contributed by atoms with Crippen LogP contribution in [0.4, 0.5) is 13.2 Å². The molecular weight excluding hydrogens is 349 g/mol. The Morgan fingerprint density at radius 1 is 1.27 bits per heavy atom. The van der Waals surface area contributed by atoms with Gasteiger partial charge in [-0.1, -0.05) is 0 Å². The molecule has 0 unspecified atom stereocenters. The van der Waals surface area contributed by atoms with Crippen molar-refractivity contribution < 1.29 is 27.5 Å². The van der Waals surface area contributed by atoms with Gasteiger partial charge in [0.15, 0.2) is 0 Å². The first kappa shape index (κ1) is 18.2. The average Bonchev–Trinajstić information content (AvgIpc) is 3.42. The quantitative estimate of drug-likeness (QED) is 0.843. The van der Waals surface area contributed by atoms with E-state index in [4.69, 9.17) is 0 Å². The third-order valence-electron chi connectivity index (χ3n) is 4.35. The van der Waals surface area contributed by atoms with Gasteiger partial charge in [0.1, 0.15) is 12.2 Å². The van der Waals surface area contributed by atoms with E-state index in [1.54, 1.807) is 13.0 Å². The van der Waals surface area contributed by atoms with Crippen LogP contribution in [0, 0.1) is 6.92 Å². The van der Waals surface area contributed by atoms with E-state index in [0.29, 0.717) is 16.5 Å². The Morgan fingerprint density at radius 3 is 2.54 bits per heavy atom. The molecule has 3 rings (SSSR count).